The Kier molecular flexibility index (Phi) is 3.25. The number of carbonyl (C=O) groups is 1. The summed E-state index contributed by atoms with van der Waals surface area (Å²) in [6.07, 6.45) is 0. The van der Waals surface area contributed by atoms with Crippen molar-refractivity contribution in [2.75, 3.05) is 11.5 Å². The molecule has 0 aliphatic carbocycles. The number of halogens is 1. The molecule has 92 valence electrons. The first-order valence-corrected chi connectivity index (χ1v) is 5.96. The van der Waals surface area contributed by atoms with Crippen molar-refractivity contribution in [2.45, 2.75) is 0 Å². The van der Waals surface area contributed by atoms with Gasteiger partial charge in [0.1, 0.15) is 0 Å². The zero-order valence-electron chi connectivity index (χ0n) is 9.35. The van der Waals surface area contributed by atoms with Gasteiger partial charge in [0.25, 0.3) is 0 Å². The summed E-state index contributed by atoms with van der Waals surface area (Å²) >= 11 is 3.24. The van der Waals surface area contributed by atoms with E-state index in [2.05, 4.69) is 15.9 Å². The summed E-state index contributed by atoms with van der Waals surface area (Å²) in [6, 6.07) is 10.1. The lowest BCUT2D eigenvalue weighted by Gasteiger charge is -2.11. The number of anilines is 2. The molecule has 5 heteroatoms. The Bertz CT molecular complexity index is 609. The van der Waals surface area contributed by atoms with Crippen LogP contribution in [-0.4, -0.2) is 11.1 Å². The minimum absolute atomic E-state index is 0.159. The highest BCUT2D eigenvalue weighted by Crippen LogP contribution is 2.33. The summed E-state index contributed by atoms with van der Waals surface area (Å²) in [5.41, 5.74) is 13.9. The van der Waals surface area contributed by atoms with Crippen LogP contribution in [-0.2, 0) is 0 Å². The molecule has 0 aromatic heterocycles. The van der Waals surface area contributed by atoms with Crippen molar-refractivity contribution in [3.63, 3.8) is 0 Å². The zero-order chi connectivity index (χ0) is 13.3. The van der Waals surface area contributed by atoms with Gasteiger partial charge in [0, 0.05) is 21.4 Å². The van der Waals surface area contributed by atoms with Crippen molar-refractivity contribution in [1.82, 2.24) is 0 Å². The van der Waals surface area contributed by atoms with Gasteiger partial charge in [-0.15, -0.1) is 0 Å². The molecule has 0 heterocycles. The van der Waals surface area contributed by atoms with Crippen molar-refractivity contribution in [3.05, 3.63) is 46.4 Å². The van der Waals surface area contributed by atoms with Crippen LogP contribution in [0.2, 0.25) is 0 Å². The second kappa shape index (κ2) is 4.70. The van der Waals surface area contributed by atoms with Gasteiger partial charge in [-0.2, -0.15) is 0 Å². The van der Waals surface area contributed by atoms with Gasteiger partial charge in [-0.05, 0) is 29.8 Å². The first-order valence-electron chi connectivity index (χ1n) is 5.17. The monoisotopic (exact) mass is 306 g/mol. The average Bonchev–Trinajstić information content (AvgIpc) is 2.29. The topological polar surface area (TPSA) is 89.3 Å². The maximum atomic E-state index is 11.3. The van der Waals surface area contributed by atoms with Crippen molar-refractivity contribution < 1.29 is 9.90 Å². The van der Waals surface area contributed by atoms with E-state index in [1.807, 2.05) is 0 Å². The van der Waals surface area contributed by atoms with Crippen molar-refractivity contribution in [3.8, 4) is 11.1 Å². The molecular weight excluding hydrogens is 296 g/mol. The van der Waals surface area contributed by atoms with Gasteiger partial charge < -0.3 is 16.6 Å². The minimum Gasteiger partial charge on any atom is -0.478 e. The summed E-state index contributed by atoms with van der Waals surface area (Å²) in [4.78, 5) is 11.3. The SMILES string of the molecule is Nc1ccc(-c2c(N)cc(Br)cc2C(=O)O)cc1. The summed E-state index contributed by atoms with van der Waals surface area (Å²) in [6.45, 7) is 0. The second-order valence-corrected chi connectivity index (χ2v) is 4.76. The molecule has 2 aromatic rings. The van der Waals surface area contributed by atoms with E-state index < -0.39 is 5.97 Å². The van der Waals surface area contributed by atoms with E-state index in [-0.39, 0.29) is 5.56 Å². The Hall–Kier alpha value is -2.01. The predicted molar refractivity (Wildman–Crippen MR) is 75.4 cm³/mol. The third-order valence-corrected chi connectivity index (χ3v) is 3.02. The highest BCUT2D eigenvalue weighted by Gasteiger charge is 2.15. The fourth-order valence-electron chi connectivity index (χ4n) is 1.77. The number of rotatable bonds is 2. The summed E-state index contributed by atoms with van der Waals surface area (Å²) in [5, 5.41) is 9.23. The number of nitrogens with two attached hydrogens (primary N) is 2. The molecule has 0 amide bonds. The largest absolute Gasteiger partial charge is 0.478 e. The van der Waals surface area contributed by atoms with E-state index in [4.69, 9.17) is 11.5 Å². The molecule has 2 aromatic carbocycles. The van der Waals surface area contributed by atoms with Gasteiger partial charge in [-0.1, -0.05) is 28.1 Å². The van der Waals surface area contributed by atoms with E-state index in [9.17, 15) is 9.90 Å². The van der Waals surface area contributed by atoms with Crippen LogP contribution in [0, 0.1) is 0 Å². The summed E-state index contributed by atoms with van der Waals surface area (Å²) < 4.78 is 0.636. The molecule has 0 unspecified atom stereocenters. The lowest BCUT2D eigenvalue weighted by molar-refractivity contribution is 0.0697. The molecule has 4 nitrogen and oxygen atoms in total. The Labute approximate surface area is 112 Å². The van der Waals surface area contributed by atoms with E-state index in [1.54, 1.807) is 30.3 Å². The van der Waals surface area contributed by atoms with Crippen LogP contribution in [0.3, 0.4) is 0 Å². The Morgan fingerprint density at radius 3 is 2.28 bits per heavy atom. The van der Waals surface area contributed by atoms with Crippen LogP contribution in [0.1, 0.15) is 10.4 Å². The van der Waals surface area contributed by atoms with Gasteiger partial charge in [-0.3, -0.25) is 0 Å². The van der Waals surface area contributed by atoms with Crippen molar-refractivity contribution in [2.24, 2.45) is 0 Å². The molecule has 2 rings (SSSR count). The molecule has 0 fully saturated rings. The molecule has 18 heavy (non-hydrogen) atoms. The number of benzene rings is 2. The standard InChI is InChI=1S/C13H11BrN2O2/c14-8-5-10(13(17)18)12(11(16)6-8)7-1-3-9(15)4-2-7/h1-6H,15-16H2,(H,17,18). The minimum atomic E-state index is -1.02. The Morgan fingerprint density at radius 1 is 1.11 bits per heavy atom. The summed E-state index contributed by atoms with van der Waals surface area (Å²) in [5.74, 6) is -1.02. The third kappa shape index (κ3) is 2.31. The quantitative estimate of drug-likeness (QED) is 0.744. The highest BCUT2D eigenvalue weighted by molar-refractivity contribution is 9.10. The van der Waals surface area contributed by atoms with Crippen molar-refractivity contribution in [1.29, 1.82) is 0 Å². The molecule has 0 saturated carbocycles. The molecule has 0 radical (unpaired) electrons. The van der Waals surface area contributed by atoms with Crippen LogP contribution in [0.15, 0.2) is 40.9 Å². The van der Waals surface area contributed by atoms with Crippen molar-refractivity contribution >= 4 is 33.3 Å². The maximum Gasteiger partial charge on any atom is 0.336 e. The zero-order valence-corrected chi connectivity index (χ0v) is 10.9. The molecular formula is C13H11BrN2O2. The third-order valence-electron chi connectivity index (χ3n) is 2.56. The average molecular weight is 307 g/mol. The molecule has 0 saturated heterocycles. The molecule has 5 N–H and O–H groups in total. The number of nitrogen functional groups attached to an aromatic ring is 2. The van der Waals surface area contributed by atoms with Gasteiger partial charge >= 0.3 is 5.97 Å². The molecule has 0 aliphatic heterocycles. The maximum absolute atomic E-state index is 11.3. The fourth-order valence-corrected chi connectivity index (χ4v) is 2.24. The van der Waals surface area contributed by atoms with E-state index in [0.29, 0.717) is 21.4 Å². The van der Waals surface area contributed by atoms with Gasteiger partial charge in [0.05, 0.1) is 5.56 Å². The highest BCUT2D eigenvalue weighted by atomic mass is 79.9. The van der Waals surface area contributed by atoms with E-state index in [0.717, 1.165) is 5.56 Å². The van der Waals surface area contributed by atoms with Gasteiger partial charge in [-0.25, -0.2) is 4.79 Å². The second-order valence-electron chi connectivity index (χ2n) is 3.84. The van der Waals surface area contributed by atoms with E-state index >= 15 is 0 Å². The molecule has 0 atom stereocenters. The smallest absolute Gasteiger partial charge is 0.336 e. The lowest BCUT2D eigenvalue weighted by Crippen LogP contribution is -2.03. The van der Waals surface area contributed by atoms with Crippen LogP contribution in [0.4, 0.5) is 11.4 Å². The Balaban J connectivity index is 2.69. The predicted octanol–water partition coefficient (Wildman–Crippen LogP) is 2.98. The Morgan fingerprint density at radius 2 is 1.72 bits per heavy atom. The summed E-state index contributed by atoms with van der Waals surface area (Å²) in [7, 11) is 0. The van der Waals surface area contributed by atoms with Crippen LogP contribution >= 0.6 is 15.9 Å². The molecule has 0 bridgehead atoms. The molecule has 0 spiro atoms. The number of carboxylic acids is 1. The molecule has 0 aliphatic rings. The van der Waals surface area contributed by atoms with Crippen LogP contribution in [0.5, 0.6) is 0 Å². The number of carboxylic acid groups (broad SMARTS) is 1. The van der Waals surface area contributed by atoms with Gasteiger partial charge in [0.2, 0.25) is 0 Å². The number of aromatic carboxylic acids is 1. The van der Waals surface area contributed by atoms with Crippen LogP contribution in [0.25, 0.3) is 11.1 Å². The number of hydrogen-bond acceptors (Lipinski definition) is 3. The first kappa shape index (κ1) is 12.4. The lowest BCUT2D eigenvalue weighted by atomic mass is 9.97. The van der Waals surface area contributed by atoms with E-state index in [1.165, 1.54) is 6.07 Å². The van der Waals surface area contributed by atoms with Crippen LogP contribution < -0.4 is 11.5 Å². The number of hydrogen-bond donors (Lipinski definition) is 3. The van der Waals surface area contributed by atoms with Gasteiger partial charge in [0.15, 0.2) is 0 Å². The normalized spacial score (nSPS) is 10.3. The fraction of sp³-hybridized carbons (Fsp3) is 0. The first-order chi connectivity index (χ1) is 8.49.